The van der Waals surface area contributed by atoms with E-state index in [0.29, 0.717) is 23.5 Å². The fourth-order valence-corrected chi connectivity index (χ4v) is 4.05. The molecule has 0 aliphatic carbocycles. The van der Waals surface area contributed by atoms with Gasteiger partial charge in [-0.05, 0) is 23.8 Å². The van der Waals surface area contributed by atoms with Gasteiger partial charge in [-0.2, -0.15) is 0 Å². The first kappa shape index (κ1) is 20.3. The SMILES string of the molecule is CC(=O)N[C@]1(CC(=O)Nc2ccccc2)C(=O)N(Cc2ccccc2)c2ccccc21. The molecule has 0 saturated heterocycles. The van der Waals surface area contributed by atoms with E-state index in [1.807, 2.05) is 66.7 Å². The molecule has 0 saturated carbocycles. The lowest BCUT2D eigenvalue weighted by Gasteiger charge is -2.29. The van der Waals surface area contributed by atoms with E-state index in [0.717, 1.165) is 5.56 Å². The molecule has 3 aromatic carbocycles. The zero-order valence-electron chi connectivity index (χ0n) is 17.2. The molecule has 6 nitrogen and oxygen atoms in total. The minimum Gasteiger partial charge on any atom is -0.338 e. The van der Waals surface area contributed by atoms with E-state index < -0.39 is 5.54 Å². The van der Waals surface area contributed by atoms with Gasteiger partial charge >= 0.3 is 0 Å². The van der Waals surface area contributed by atoms with E-state index in [4.69, 9.17) is 0 Å². The molecule has 1 atom stereocenters. The number of rotatable bonds is 6. The fourth-order valence-electron chi connectivity index (χ4n) is 4.05. The van der Waals surface area contributed by atoms with E-state index in [2.05, 4.69) is 10.6 Å². The van der Waals surface area contributed by atoms with Crippen molar-refractivity contribution in [2.24, 2.45) is 0 Å². The highest BCUT2D eigenvalue weighted by Crippen LogP contribution is 2.43. The van der Waals surface area contributed by atoms with Crippen LogP contribution in [0.5, 0.6) is 0 Å². The van der Waals surface area contributed by atoms with Crippen molar-refractivity contribution in [2.45, 2.75) is 25.4 Å². The van der Waals surface area contributed by atoms with Crippen molar-refractivity contribution in [1.82, 2.24) is 5.32 Å². The number of anilines is 2. The minimum atomic E-state index is -1.46. The summed E-state index contributed by atoms with van der Waals surface area (Å²) in [4.78, 5) is 40.5. The second kappa shape index (κ2) is 8.44. The number of nitrogens with one attached hydrogen (secondary N) is 2. The molecule has 6 heteroatoms. The zero-order valence-corrected chi connectivity index (χ0v) is 17.2. The van der Waals surface area contributed by atoms with E-state index in [-0.39, 0.29) is 24.1 Å². The van der Waals surface area contributed by atoms with E-state index >= 15 is 0 Å². The summed E-state index contributed by atoms with van der Waals surface area (Å²) < 4.78 is 0. The molecule has 1 aliphatic heterocycles. The molecular formula is C25H23N3O3. The molecule has 1 heterocycles. The second-order valence-corrected chi connectivity index (χ2v) is 7.57. The van der Waals surface area contributed by atoms with Crippen LogP contribution in [-0.4, -0.2) is 17.7 Å². The van der Waals surface area contributed by atoms with Crippen LogP contribution in [0.4, 0.5) is 11.4 Å². The molecule has 31 heavy (non-hydrogen) atoms. The quantitative estimate of drug-likeness (QED) is 0.648. The Labute approximate surface area is 180 Å². The lowest BCUT2D eigenvalue weighted by Crippen LogP contribution is -2.54. The van der Waals surface area contributed by atoms with Gasteiger partial charge in [-0.3, -0.25) is 14.4 Å². The normalized spacial score (nSPS) is 17.2. The van der Waals surface area contributed by atoms with Gasteiger partial charge in [-0.25, -0.2) is 0 Å². The maximum absolute atomic E-state index is 13.7. The van der Waals surface area contributed by atoms with Gasteiger partial charge in [0, 0.05) is 18.2 Å². The highest BCUT2D eigenvalue weighted by molar-refractivity contribution is 6.12. The van der Waals surface area contributed by atoms with Crippen molar-refractivity contribution in [2.75, 3.05) is 10.2 Å². The molecule has 0 aromatic heterocycles. The van der Waals surface area contributed by atoms with E-state index in [9.17, 15) is 14.4 Å². The van der Waals surface area contributed by atoms with Crippen LogP contribution in [0.1, 0.15) is 24.5 Å². The smallest absolute Gasteiger partial charge is 0.258 e. The van der Waals surface area contributed by atoms with E-state index in [1.54, 1.807) is 23.1 Å². The van der Waals surface area contributed by atoms with Crippen LogP contribution in [-0.2, 0) is 26.5 Å². The molecule has 156 valence electrons. The number of amides is 3. The molecule has 0 bridgehead atoms. The highest BCUT2D eigenvalue weighted by Gasteiger charge is 2.52. The number of nitrogens with zero attached hydrogens (tertiary/aromatic N) is 1. The zero-order chi connectivity index (χ0) is 21.8. The number of hydrogen-bond donors (Lipinski definition) is 2. The first-order chi connectivity index (χ1) is 15.0. The number of hydrogen-bond acceptors (Lipinski definition) is 3. The Morgan fingerprint density at radius 2 is 1.48 bits per heavy atom. The van der Waals surface area contributed by atoms with Crippen molar-refractivity contribution in [3.63, 3.8) is 0 Å². The van der Waals surface area contributed by atoms with Gasteiger partial charge < -0.3 is 15.5 Å². The average Bonchev–Trinajstić information content (AvgIpc) is 2.97. The molecule has 0 fully saturated rings. The Morgan fingerprint density at radius 3 is 2.16 bits per heavy atom. The summed E-state index contributed by atoms with van der Waals surface area (Å²) in [6.07, 6.45) is -0.206. The number of benzene rings is 3. The van der Waals surface area contributed by atoms with Crippen LogP contribution in [0.2, 0.25) is 0 Å². The minimum absolute atomic E-state index is 0.206. The monoisotopic (exact) mass is 413 g/mol. The molecule has 3 aromatic rings. The molecule has 3 amide bonds. The van der Waals surface area contributed by atoms with Crippen molar-refractivity contribution >= 4 is 29.1 Å². The summed E-state index contributed by atoms with van der Waals surface area (Å²) in [7, 11) is 0. The Hall–Kier alpha value is -3.93. The topological polar surface area (TPSA) is 78.5 Å². The van der Waals surface area contributed by atoms with Gasteiger partial charge in [-0.1, -0.05) is 66.7 Å². The van der Waals surface area contributed by atoms with Crippen molar-refractivity contribution in [1.29, 1.82) is 0 Å². The van der Waals surface area contributed by atoms with Crippen molar-refractivity contribution in [3.8, 4) is 0 Å². The van der Waals surface area contributed by atoms with Crippen LogP contribution < -0.4 is 15.5 Å². The van der Waals surface area contributed by atoms with Crippen molar-refractivity contribution in [3.05, 3.63) is 96.1 Å². The number of carbonyl (C=O) groups is 3. The molecule has 2 N–H and O–H groups in total. The molecule has 4 rings (SSSR count). The second-order valence-electron chi connectivity index (χ2n) is 7.57. The third-order valence-corrected chi connectivity index (χ3v) is 5.32. The molecular weight excluding hydrogens is 390 g/mol. The number of carbonyl (C=O) groups excluding carboxylic acids is 3. The first-order valence-electron chi connectivity index (χ1n) is 10.1. The molecule has 1 aliphatic rings. The maximum atomic E-state index is 13.7. The van der Waals surface area contributed by atoms with Gasteiger partial charge in [0.15, 0.2) is 5.54 Å². The van der Waals surface area contributed by atoms with Crippen LogP contribution in [0.25, 0.3) is 0 Å². The summed E-state index contributed by atoms with van der Waals surface area (Å²) >= 11 is 0. The highest BCUT2D eigenvalue weighted by atomic mass is 16.2. The summed E-state index contributed by atoms with van der Waals surface area (Å²) in [5.41, 5.74) is 1.44. The summed E-state index contributed by atoms with van der Waals surface area (Å²) in [5, 5.41) is 5.62. The van der Waals surface area contributed by atoms with Gasteiger partial charge in [0.2, 0.25) is 11.8 Å². The lowest BCUT2D eigenvalue weighted by molar-refractivity contribution is -0.133. The third-order valence-electron chi connectivity index (χ3n) is 5.32. The summed E-state index contributed by atoms with van der Waals surface area (Å²) in [6.45, 7) is 1.70. The van der Waals surface area contributed by atoms with Crippen LogP contribution >= 0.6 is 0 Å². The first-order valence-corrected chi connectivity index (χ1v) is 10.1. The Bertz CT molecular complexity index is 1120. The largest absolute Gasteiger partial charge is 0.338 e. The Balaban J connectivity index is 1.71. The van der Waals surface area contributed by atoms with Gasteiger partial charge in [0.25, 0.3) is 5.91 Å². The average molecular weight is 413 g/mol. The Kier molecular flexibility index (Phi) is 5.54. The predicted molar refractivity (Wildman–Crippen MR) is 119 cm³/mol. The van der Waals surface area contributed by atoms with Gasteiger partial charge in [-0.15, -0.1) is 0 Å². The molecule has 0 spiro atoms. The summed E-state index contributed by atoms with van der Waals surface area (Å²) in [5.74, 6) is -1.06. The molecule has 0 unspecified atom stereocenters. The summed E-state index contributed by atoms with van der Waals surface area (Å²) in [6, 6.07) is 25.9. The van der Waals surface area contributed by atoms with Gasteiger partial charge in [0.05, 0.1) is 18.7 Å². The fraction of sp³-hybridized carbons (Fsp3) is 0.160. The number of fused-ring (bicyclic) bond motifs is 1. The predicted octanol–water partition coefficient (Wildman–Crippen LogP) is 3.59. The van der Waals surface area contributed by atoms with E-state index in [1.165, 1.54) is 6.92 Å². The van der Waals surface area contributed by atoms with Crippen LogP contribution in [0, 0.1) is 0 Å². The molecule has 0 radical (unpaired) electrons. The van der Waals surface area contributed by atoms with Gasteiger partial charge in [0.1, 0.15) is 0 Å². The van der Waals surface area contributed by atoms with Crippen LogP contribution in [0.3, 0.4) is 0 Å². The lowest BCUT2D eigenvalue weighted by atomic mass is 9.87. The van der Waals surface area contributed by atoms with Crippen molar-refractivity contribution < 1.29 is 14.4 Å². The Morgan fingerprint density at radius 1 is 0.871 bits per heavy atom. The third kappa shape index (κ3) is 4.05. The van der Waals surface area contributed by atoms with Crippen LogP contribution in [0.15, 0.2) is 84.9 Å². The maximum Gasteiger partial charge on any atom is 0.258 e. The number of para-hydroxylation sites is 2. The standard InChI is InChI=1S/C25H23N3O3/c1-18(29)27-25(16-23(30)26-20-12-6-3-7-13-20)21-14-8-9-15-22(21)28(24(25)31)17-19-10-4-2-5-11-19/h2-15H,16-17H2,1H3,(H,26,30)(H,27,29)/t25-/m0/s1.